The van der Waals surface area contributed by atoms with E-state index in [2.05, 4.69) is 15.2 Å². The lowest BCUT2D eigenvalue weighted by atomic mass is 10.1. The first-order chi connectivity index (χ1) is 17.2. The van der Waals surface area contributed by atoms with Gasteiger partial charge in [0.2, 0.25) is 0 Å². The van der Waals surface area contributed by atoms with E-state index >= 15 is 0 Å². The van der Waals surface area contributed by atoms with Gasteiger partial charge in [-0.15, -0.1) is 21.5 Å². The molecule has 2 aromatic heterocycles. The highest BCUT2D eigenvalue weighted by atomic mass is 35.5. The smallest absolute Gasteiger partial charge is 0.273 e. The van der Waals surface area contributed by atoms with Crippen molar-refractivity contribution in [1.82, 2.24) is 24.6 Å². The van der Waals surface area contributed by atoms with Gasteiger partial charge in [0.25, 0.3) is 5.91 Å². The maximum Gasteiger partial charge on any atom is 0.273 e. The summed E-state index contributed by atoms with van der Waals surface area (Å²) in [5.74, 6) is 1.91. The number of rotatable bonds is 7. The molecule has 4 aromatic rings. The van der Waals surface area contributed by atoms with Crippen molar-refractivity contribution in [3.63, 3.8) is 0 Å². The first-order valence-corrected chi connectivity index (χ1v) is 13.6. The Balaban J connectivity index is 1.43. The summed E-state index contributed by atoms with van der Waals surface area (Å²) in [6.07, 6.45) is 3.31. The number of amides is 1. The van der Waals surface area contributed by atoms with Gasteiger partial charge in [-0.3, -0.25) is 9.36 Å². The van der Waals surface area contributed by atoms with Crippen molar-refractivity contribution >= 4 is 40.6 Å². The number of nitrogens with zero attached hydrogens (tertiary/aromatic N) is 5. The van der Waals surface area contributed by atoms with Gasteiger partial charge in [0.15, 0.2) is 11.0 Å². The maximum absolute atomic E-state index is 12.8. The molecule has 0 N–H and O–H groups in total. The number of halogens is 1. The number of methoxy groups -OCH3 is 1. The summed E-state index contributed by atoms with van der Waals surface area (Å²) in [4.78, 5) is 19.3. The molecule has 0 radical (unpaired) electrons. The van der Waals surface area contributed by atoms with Crippen LogP contribution >= 0.6 is 34.7 Å². The molecule has 0 spiro atoms. The summed E-state index contributed by atoms with van der Waals surface area (Å²) in [7, 11) is 1.64. The highest BCUT2D eigenvalue weighted by Gasteiger charge is 2.23. The zero-order valence-electron chi connectivity index (χ0n) is 19.2. The van der Waals surface area contributed by atoms with Crippen LogP contribution < -0.4 is 4.74 Å². The first kappa shape index (κ1) is 23.8. The standard InChI is InChI=1S/C25H24ClN5O2S2/c1-33-21-12-6-5-11-20(21)31-23(17-9-3-4-10-18(17)26)28-29-25(31)35-16-22-27-19(15-34-22)24(32)30-13-7-2-8-14-30/h3-6,9-12,15H,2,7-8,13-14,16H2,1H3. The second-order valence-corrected chi connectivity index (χ2v) is 10.4. The fourth-order valence-electron chi connectivity index (χ4n) is 4.07. The Labute approximate surface area is 217 Å². The van der Waals surface area contributed by atoms with E-state index in [0.29, 0.717) is 33.2 Å². The number of para-hydroxylation sites is 2. The number of likely N-dealkylation sites (tertiary alicyclic amines) is 1. The number of piperidine rings is 1. The molecule has 1 aliphatic heterocycles. The van der Waals surface area contributed by atoms with Gasteiger partial charge in [-0.25, -0.2) is 4.98 Å². The molecule has 0 atom stereocenters. The summed E-state index contributed by atoms with van der Waals surface area (Å²) in [5.41, 5.74) is 2.12. The third-order valence-corrected chi connectivity index (χ3v) is 8.11. The van der Waals surface area contributed by atoms with Crippen LogP contribution in [-0.2, 0) is 5.75 Å². The zero-order chi connectivity index (χ0) is 24.2. The lowest BCUT2D eigenvalue weighted by Gasteiger charge is -2.25. The molecule has 2 aromatic carbocycles. The molecule has 1 aliphatic rings. The van der Waals surface area contributed by atoms with E-state index in [9.17, 15) is 4.79 Å². The van der Waals surface area contributed by atoms with Crippen LogP contribution in [0.25, 0.3) is 17.1 Å². The summed E-state index contributed by atoms with van der Waals surface area (Å²) in [6.45, 7) is 1.63. The summed E-state index contributed by atoms with van der Waals surface area (Å²) in [6, 6.07) is 15.3. The molecule has 3 heterocycles. The van der Waals surface area contributed by atoms with Gasteiger partial charge in [0.05, 0.1) is 23.6 Å². The Hall–Kier alpha value is -2.88. The van der Waals surface area contributed by atoms with Gasteiger partial charge >= 0.3 is 0 Å². The number of hydrogen-bond donors (Lipinski definition) is 0. The lowest BCUT2D eigenvalue weighted by Crippen LogP contribution is -2.35. The van der Waals surface area contributed by atoms with E-state index < -0.39 is 0 Å². The van der Waals surface area contributed by atoms with Gasteiger partial charge in [0.1, 0.15) is 16.5 Å². The third-order valence-electron chi connectivity index (χ3n) is 5.81. The number of ether oxygens (including phenoxy) is 1. The molecule has 180 valence electrons. The summed E-state index contributed by atoms with van der Waals surface area (Å²) >= 11 is 9.51. The quantitative estimate of drug-likeness (QED) is 0.277. The number of aromatic nitrogens is 4. The number of carbonyl (C=O) groups excluding carboxylic acids is 1. The van der Waals surface area contributed by atoms with Gasteiger partial charge < -0.3 is 9.64 Å². The van der Waals surface area contributed by atoms with E-state index in [1.54, 1.807) is 7.11 Å². The number of benzene rings is 2. The van der Waals surface area contributed by atoms with E-state index in [4.69, 9.17) is 16.3 Å². The first-order valence-electron chi connectivity index (χ1n) is 11.4. The third kappa shape index (κ3) is 5.07. The minimum Gasteiger partial charge on any atom is -0.495 e. The molecular weight excluding hydrogens is 502 g/mol. The summed E-state index contributed by atoms with van der Waals surface area (Å²) in [5, 5.41) is 13.0. The fourth-order valence-corrected chi connectivity index (χ4v) is 6.02. The van der Waals surface area contributed by atoms with Crippen molar-refractivity contribution in [1.29, 1.82) is 0 Å². The van der Waals surface area contributed by atoms with Crippen molar-refractivity contribution in [3.05, 3.63) is 69.6 Å². The fraction of sp³-hybridized carbons (Fsp3) is 0.280. The number of thiazole rings is 1. The number of thioether (sulfide) groups is 1. The summed E-state index contributed by atoms with van der Waals surface area (Å²) < 4.78 is 7.58. The molecule has 1 amide bonds. The SMILES string of the molecule is COc1ccccc1-n1c(SCc2nc(C(=O)N3CCCCC3)cs2)nnc1-c1ccccc1Cl. The van der Waals surface area contributed by atoms with Crippen LogP contribution in [0, 0.1) is 0 Å². The Morgan fingerprint density at radius 3 is 2.66 bits per heavy atom. The second kappa shape index (κ2) is 10.8. The van der Waals surface area contributed by atoms with Gasteiger partial charge in [-0.1, -0.05) is 47.6 Å². The predicted molar refractivity (Wildman–Crippen MR) is 140 cm³/mol. The molecule has 5 rings (SSSR count). The van der Waals surface area contributed by atoms with Crippen LogP contribution in [-0.4, -0.2) is 50.8 Å². The van der Waals surface area contributed by atoms with Crippen molar-refractivity contribution in [2.45, 2.75) is 30.2 Å². The average molecular weight is 526 g/mol. The molecule has 0 bridgehead atoms. The maximum atomic E-state index is 12.8. The Kier molecular flexibility index (Phi) is 7.36. The molecule has 0 unspecified atom stereocenters. The van der Waals surface area contributed by atoms with Crippen LogP contribution in [0.3, 0.4) is 0 Å². The molecule has 0 saturated carbocycles. The lowest BCUT2D eigenvalue weighted by molar-refractivity contribution is 0.0719. The van der Waals surface area contributed by atoms with Gasteiger partial charge in [-0.2, -0.15) is 0 Å². The van der Waals surface area contributed by atoms with Crippen LogP contribution in [0.2, 0.25) is 5.02 Å². The van der Waals surface area contributed by atoms with E-state index in [1.807, 2.05) is 63.4 Å². The molecule has 0 aliphatic carbocycles. The zero-order valence-corrected chi connectivity index (χ0v) is 21.6. The van der Waals surface area contributed by atoms with Crippen LogP contribution in [0.5, 0.6) is 5.75 Å². The molecular formula is C25H24ClN5O2S2. The van der Waals surface area contributed by atoms with E-state index in [0.717, 1.165) is 42.2 Å². The molecule has 7 nitrogen and oxygen atoms in total. The topological polar surface area (TPSA) is 73.1 Å². The molecule has 1 saturated heterocycles. The Bertz CT molecular complexity index is 1330. The monoisotopic (exact) mass is 525 g/mol. The molecule has 35 heavy (non-hydrogen) atoms. The molecule has 10 heteroatoms. The van der Waals surface area contributed by atoms with Crippen LogP contribution in [0.4, 0.5) is 0 Å². The Morgan fingerprint density at radius 1 is 1.09 bits per heavy atom. The van der Waals surface area contributed by atoms with Crippen LogP contribution in [0.1, 0.15) is 34.8 Å². The minimum atomic E-state index is 0.0235. The highest BCUT2D eigenvalue weighted by Crippen LogP contribution is 2.36. The van der Waals surface area contributed by atoms with Crippen molar-refractivity contribution in [2.75, 3.05) is 20.2 Å². The van der Waals surface area contributed by atoms with Crippen molar-refractivity contribution in [2.24, 2.45) is 0 Å². The van der Waals surface area contributed by atoms with E-state index in [-0.39, 0.29) is 5.91 Å². The minimum absolute atomic E-state index is 0.0235. The predicted octanol–water partition coefficient (Wildman–Crippen LogP) is 5.97. The van der Waals surface area contributed by atoms with Crippen molar-refractivity contribution < 1.29 is 9.53 Å². The normalized spacial score (nSPS) is 13.7. The highest BCUT2D eigenvalue weighted by molar-refractivity contribution is 7.98. The number of carbonyl (C=O) groups is 1. The van der Waals surface area contributed by atoms with Gasteiger partial charge in [-0.05, 0) is 43.5 Å². The van der Waals surface area contributed by atoms with Gasteiger partial charge in [0, 0.05) is 24.0 Å². The van der Waals surface area contributed by atoms with Crippen molar-refractivity contribution in [3.8, 4) is 22.8 Å². The van der Waals surface area contributed by atoms with E-state index in [1.165, 1.54) is 29.5 Å². The van der Waals surface area contributed by atoms with Crippen LogP contribution in [0.15, 0.2) is 59.1 Å². The number of hydrogen-bond acceptors (Lipinski definition) is 7. The largest absolute Gasteiger partial charge is 0.495 e. The molecule has 1 fully saturated rings. The second-order valence-electron chi connectivity index (χ2n) is 8.06. The Morgan fingerprint density at radius 2 is 1.86 bits per heavy atom. The average Bonchev–Trinajstić information content (AvgIpc) is 3.55.